The van der Waals surface area contributed by atoms with Crippen molar-refractivity contribution in [3.05, 3.63) is 29.8 Å². The van der Waals surface area contributed by atoms with E-state index in [9.17, 15) is 9.90 Å². The fourth-order valence-corrected chi connectivity index (χ4v) is 1.96. The lowest BCUT2D eigenvalue weighted by atomic mass is 10.0. The molecule has 0 spiro atoms. The van der Waals surface area contributed by atoms with Gasteiger partial charge in [0.05, 0.1) is 6.61 Å². The van der Waals surface area contributed by atoms with E-state index in [-0.39, 0.29) is 24.6 Å². The van der Waals surface area contributed by atoms with E-state index in [4.69, 9.17) is 0 Å². The molecule has 0 aliphatic carbocycles. The number of carbonyl (C=O) groups is 1. The highest BCUT2D eigenvalue weighted by molar-refractivity contribution is 5.88. The molecule has 0 fully saturated rings. The van der Waals surface area contributed by atoms with Gasteiger partial charge in [0.2, 0.25) is 5.91 Å². The highest BCUT2D eigenvalue weighted by Crippen LogP contribution is 2.19. The Morgan fingerprint density at radius 1 is 1.32 bits per heavy atom. The van der Waals surface area contributed by atoms with Crippen LogP contribution in [-0.4, -0.2) is 23.7 Å². The number of anilines is 1. The van der Waals surface area contributed by atoms with Crippen molar-refractivity contribution in [1.29, 1.82) is 0 Å². The molecule has 3 N–H and O–H groups in total. The lowest BCUT2D eigenvalue weighted by molar-refractivity contribution is -0.114. The summed E-state index contributed by atoms with van der Waals surface area (Å²) in [4.78, 5) is 11.0. The molecule has 1 aromatic carbocycles. The molecule has 0 heterocycles. The van der Waals surface area contributed by atoms with E-state index in [1.807, 2.05) is 24.3 Å². The third-order valence-corrected chi connectivity index (χ3v) is 3.17. The maximum absolute atomic E-state index is 11.0. The summed E-state index contributed by atoms with van der Waals surface area (Å²) >= 11 is 0. The lowest BCUT2D eigenvalue weighted by Gasteiger charge is -2.25. The minimum atomic E-state index is -0.0758. The van der Waals surface area contributed by atoms with E-state index in [0.717, 1.165) is 11.3 Å². The maximum atomic E-state index is 11.0. The standard InChI is InChI=1S/C15H24N2O2/c1-10(2)15(9-18)16-11(3)13-6-5-7-14(8-13)17-12(4)19/h5-8,10-11,15-16,18H,9H2,1-4H3,(H,17,19)/t11?,15-/m1/s1. The van der Waals surface area contributed by atoms with Crippen molar-refractivity contribution in [1.82, 2.24) is 5.32 Å². The van der Waals surface area contributed by atoms with Crippen molar-refractivity contribution < 1.29 is 9.90 Å². The van der Waals surface area contributed by atoms with Crippen LogP contribution in [0.25, 0.3) is 0 Å². The first-order valence-electron chi connectivity index (χ1n) is 6.68. The van der Waals surface area contributed by atoms with Crippen LogP contribution in [0, 0.1) is 5.92 Å². The van der Waals surface area contributed by atoms with Gasteiger partial charge in [0.1, 0.15) is 0 Å². The Hall–Kier alpha value is -1.39. The first-order valence-corrected chi connectivity index (χ1v) is 6.68. The number of aliphatic hydroxyl groups excluding tert-OH is 1. The Morgan fingerprint density at radius 3 is 2.53 bits per heavy atom. The summed E-state index contributed by atoms with van der Waals surface area (Å²) in [6.45, 7) is 7.82. The summed E-state index contributed by atoms with van der Waals surface area (Å²) in [6, 6.07) is 7.93. The summed E-state index contributed by atoms with van der Waals surface area (Å²) in [5.41, 5.74) is 1.88. The Balaban J connectivity index is 2.76. The molecule has 106 valence electrons. The number of nitrogens with one attached hydrogen (secondary N) is 2. The zero-order chi connectivity index (χ0) is 14.4. The average Bonchev–Trinajstić information content (AvgIpc) is 2.34. The zero-order valence-electron chi connectivity index (χ0n) is 12.1. The van der Waals surface area contributed by atoms with Crippen LogP contribution < -0.4 is 10.6 Å². The SMILES string of the molecule is CC(=O)Nc1cccc(C(C)N[C@H](CO)C(C)C)c1. The van der Waals surface area contributed by atoms with E-state index >= 15 is 0 Å². The Bertz CT molecular complexity index is 418. The van der Waals surface area contributed by atoms with Gasteiger partial charge in [0.25, 0.3) is 0 Å². The van der Waals surface area contributed by atoms with E-state index in [1.54, 1.807) is 0 Å². The minimum absolute atomic E-state index is 0.0689. The molecule has 19 heavy (non-hydrogen) atoms. The van der Waals surface area contributed by atoms with Crippen LogP contribution >= 0.6 is 0 Å². The highest BCUT2D eigenvalue weighted by atomic mass is 16.3. The topological polar surface area (TPSA) is 61.4 Å². The second kappa shape index (κ2) is 7.26. The number of carbonyl (C=O) groups excluding carboxylic acids is 1. The van der Waals surface area contributed by atoms with Crippen LogP contribution in [0.15, 0.2) is 24.3 Å². The summed E-state index contributed by atoms with van der Waals surface area (Å²) in [5.74, 6) is 0.291. The van der Waals surface area contributed by atoms with Crippen LogP contribution in [0.2, 0.25) is 0 Å². The Labute approximate surface area is 115 Å². The molecule has 0 aliphatic rings. The van der Waals surface area contributed by atoms with Crippen LogP contribution in [0.1, 0.15) is 39.3 Å². The van der Waals surface area contributed by atoms with Gasteiger partial charge in [0.15, 0.2) is 0 Å². The molecule has 1 amide bonds. The number of benzene rings is 1. The number of aliphatic hydroxyl groups is 1. The summed E-state index contributed by atoms with van der Waals surface area (Å²) in [5, 5.41) is 15.5. The molecule has 0 saturated carbocycles. The van der Waals surface area contributed by atoms with E-state index in [2.05, 4.69) is 31.4 Å². The molecule has 2 atom stereocenters. The van der Waals surface area contributed by atoms with Crippen molar-refractivity contribution in [2.75, 3.05) is 11.9 Å². The second-order valence-electron chi connectivity index (χ2n) is 5.23. The Kier molecular flexibility index (Phi) is 5.99. The Morgan fingerprint density at radius 2 is 2.00 bits per heavy atom. The molecule has 1 unspecified atom stereocenters. The molecule has 0 aliphatic heterocycles. The average molecular weight is 264 g/mol. The van der Waals surface area contributed by atoms with Crippen molar-refractivity contribution >= 4 is 11.6 Å². The molecule has 4 heteroatoms. The number of hydrogen-bond acceptors (Lipinski definition) is 3. The molecule has 0 aromatic heterocycles. The zero-order valence-corrected chi connectivity index (χ0v) is 12.1. The van der Waals surface area contributed by atoms with Crippen molar-refractivity contribution in [3.8, 4) is 0 Å². The van der Waals surface area contributed by atoms with Gasteiger partial charge in [-0.05, 0) is 30.5 Å². The number of rotatable bonds is 6. The van der Waals surface area contributed by atoms with Gasteiger partial charge in [-0.25, -0.2) is 0 Å². The molecule has 1 aromatic rings. The second-order valence-corrected chi connectivity index (χ2v) is 5.23. The van der Waals surface area contributed by atoms with Crippen molar-refractivity contribution in [3.63, 3.8) is 0 Å². The number of amides is 1. The highest BCUT2D eigenvalue weighted by Gasteiger charge is 2.16. The maximum Gasteiger partial charge on any atom is 0.221 e. The largest absolute Gasteiger partial charge is 0.395 e. The van der Waals surface area contributed by atoms with Crippen molar-refractivity contribution in [2.45, 2.75) is 39.8 Å². The smallest absolute Gasteiger partial charge is 0.221 e. The minimum Gasteiger partial charge on any atom is -0.395 e. The first kappa shape index (κ1) is 15.7. The molecule has 1 rings (SSSR count). The molecule has 0 bridgehead atoms. The van der Waals surface area contributed by atoms with Gasteiger partial charge in [0, 0.05) is 24.7 Å². The van der Waals surface area contributed by atoms with Gasteiger partial charge < -0.3 is 15.7 Å². The van der Waals surface area contributed by atoms with Crippen LogP contribution in [-0.2, 0) is 4.79 Å². The molecule has 0 radical (unpaired) electrons. The van der Waals surface area contributed by atoms with Gasteiger partial charge >= 0.3 is 0 Å². The lowest BCUT2D eigenvalue weighted by Crippen LogP contribution is -2.38. The number of hydrogen-bond donors (Lipinski definition) is 3. The summed E-state index contributed by atoms with van der Waals surface area (Å²) in [7, 11) is 0. The molecule has 0 saturated heterocycles. The third-order valence-electron chi connectivity index (χ3n) is 3.17. The molecular formula is C15H24N2O2. The predicted molar refractivity (Wildman–Crippen MR) is 78.0 cm³/mol. The van der Waals surface area contributed by atoms with Gasteiger partial charge in [-0.3, -0.25) is 4.79 Å². The van der Waals surface area contributed by atoms with Crippen LogP contribution in [0.4, 0.5) is 5.69 Å². The van der Waals surface area contributed by atoms with Crippen molar-refractivity contribution in [2.24, 2.45) is 5.92 Å². The quantitative estimate of drug-likeness (QED) is 0.739. The fraction of sp³-hybridized carbons (Fsp3) is 0.533. The predicted octanol–water partition coefficient (Wildman–Crippen LogP) is 2.31. The monoisotopic (exact) mass is 264 g/mol. The van der Waals surface area contributed by atoms with E-state index < -0.39 is 0 Å². The van der Waals surface area contributed by atoms with E-state index in [1.165, 1.54) is 6.92 Å². The fourth-order valence-electron chi connectivity index (χ4n) is 1.96. The third kappa shape index (κ3) is 5.01. The molecular weight excluding hydrogens is 240 g/mol. The normalized spacial score (nSPS) is 14.2. The van der Waals surface area contributed by atoms with E-state index in [0.29, 0.717) is 5.92 Å². The van der Waals surface area contributed by atoms with Crippen LogP contribution in [0.3, 0.4) is 0 Å². The summed E-state index contributed by atoms with van der Waals surface area (Å²) < 4.78 is 0. The molecule has 4 nitrogen and oxygen atoms in total. The van der Waals surface area contributed by atoms with Gasteiger partial charge in [-0.15, -0.1) is 0 Å². The van der Waals surface area contributed by atoms with Gasteiger partial charge in [-0.1, -0.05) is 26.0 Å². The van der Waals surface area contributed by atoms with Gasteiger partial charge in [-0.2, -0.15) is 0 Å². The van der Waals surface area contributed by atoms with Crippen LogP contribution in [0.5, 0.6) is 0 Å². The summed E-state index contributed by atoms with van der Waals surface area (Å²) in [6.07, 6.45) is 0. The first-order chi connectivity index (χ1) is 8.93.